The third-order valence-corrected chi connectivity index (χ3v) is 8.58. The maximum atomic E-state index is 12.8. The van der Waals surface area contributed by atoms with E-state index in [1.54, 1.807) is 0 Å². The van der Waals surface area contributed by atoms with Crippen LogP contribution in [0.25, 0.3) is 0 Å². The van der Waals surface area contributed by atoms with E-state index in [9.17, 15) is 13.2 Å². The first kappa shape index (κ1) is 23.4. The minimum absolute atomic E-state index is 0.0613. The van der Waals surface area contributed by atoms with Crippen molar-refractivity contribution < 1.29 is 17.9 Å². The van der Waals surface area contributed by atoms with E-state index in [0.717, 1.165) is 56.8 Å². The number of likely N-dealkylation sites (N-methyl/N-ethyl adjacent to an activating group) is 1. The van der Waals surface area contributed by atoms with Gasteiger partial charge in [-0.15, -0.1) is 0 Å². The number of rotatable bonds is 6. The summed E-state index contributed by atoms with van der Waals surface area (Å²) in [5.41, 5.74) is 1.57. The molecule has 1 unspecified atom stereocenters. The Hall–Kier alpha value is -1.72. The minimum atomic E-state index is -3.42. The number of hydrogen-bond acceptors (Lipinski definition) is 6. The van der Waals surface area contributed by atoms with Gasteiger partial charge in [0.2, 0.25) is 10.0 Å². The number of morpholine rings is 1. The molecule has 1 atom stereocenters. The van der Waals surface area contributed by atoms with Crippen LogP contribution in [-0.2, 0) is 27.1 Å². The summed E-state index contributed by atoms with van der Waals surface area (Å²) in [6, 6.07) is 7.80. The van der Waals surface area contributed by atoms with Crippen molar-refractivity contribution in [3.8, 4) is 0 Å². The van der Waals surface area contributed by atoms with Gasteiger partial charge in [0.1, 0.15) is 0 Å². The van der Waals surface area contributed by atoms with Gasteiger partial charge in [-0.1, -0.05) is 24.3 Å². The molecule has 0 aliphatic carbocycles. The smallest absolute Gasteiger partial charge is 0.317 e. The van der Waals surface area contributed by atoms with Gasteiger partial charge in [0, 0.05) is 64.9 Å². The van der Waals surface area contributed by atoms with Gasteiger partial charge in [0.15, 0.2) is 0 Å². The second-order valence-corrected chi connectivity index (χ2v) is 10.9. The summed E-state index contributed by atoms with van der Waals surface area (Å²) in [6.45, 7) is 7.75. The standard InChI is InChI=1S/C22H35N5O4S/c1-24-8-10-25(11-9-24)21-6-7-26(17-21)22(28)23-16-19-4-2-3-5-20(19)18-32(29,30)27-12-14-31-15-13-27/h2-5,21H,6-18H2,1H3,(H,23,28). The Labute approximate surface area is 191 Å². The van der Waals surface area contributed by atoms with Gasteiger partial charge in [-0.2, -0.15) is 4.31 Å². The molecule has 0 bridgehead atoms. The number of benzene rings is 1. The molecule has 2 amide bonds. The van der Waals surface area contributed by atoms with Crippen LogP contribution in [0.5, 0.6) is 0 Å². The highest BCUT2D eigenvalue weighted by Gasteiger charge is 2.31. The number of hydrogen-bond donors (Lipinski definition) is 1. The largest absolute Gasteiger partial charge is 0.379 e. The van der Waals surface area contributed by atoms with E-state index in [2.05, 4.69) is 22.2 Å². The molecule has 3 aliphatic rings. The Balaban J connectivity index is 1.31. The van der Waals surface area contributed by atoms with Crippen LogP contribution in [0.3, 0.4) is 0 Å². The van der Waals surface area contributed by atoms with Gasteiger partial charge in [-0.25, -0.2) is 13.2 Å². The Kier molecular flexibility index (Phi) is 7.67. The van der Waals surface area contributed by atoms with Gasteiger partial charge in [0.25, 0.3) is 0 Å². The number of amides is 2. The van der Waals surface area contributed by atoms with E-state index in [1.807, 2.05) is 29.2 Å². The van der Waals surface area contributed by atoms with Gasteiger partial charge in [-0.3, -0.25) is 4.90 Å². The molecule has 3 heterocycles. The van der Waals surface area contributed by atoms with E-state index in [4.69, 9.17) is 4.74 Å². The number of ether oxygens (including phenoxy) is 1. The van der Waals surface area contributed by atoms with Crippen LogP contribution in [0.1, 0.15) is 17.5 Å². The predicted octanol–water partition coefficient (Wildman–Crippen LogP) is 0.380. The first-order valence-electron chi connectivity index (χ1n) is 11.5. The molecule has 3 fully saturated rings. The molecule has 10 heteroatoms. The van der Waals surface area contributed by atoms with E-state index < -0.39 is 10.0 Å². The lowest BCUT2D eigenvalue weighted by atomic mass is 10.1. The van der Waals surface area contributed by atoms with Crippen LogP contribution >= 0.6 is 0 Å². The molecule has 178 valence electrons. The lowest BCUT2D eigenvalue weighted by Gasteiger charge is -2.36. The SMILES string of the molecule is CN1CCN(C2CCN(C(=O)NCc3ccccc3CS(=O)(=O)N3CCOCC3)C2)CC1. The predicted molar refractivity (Wildman–Crippen MR) is 123 cm³/mol. The summed E-state index contributed by atoms with van der Waals surface area (Å²) < 4.78 is 32.4. The van der Waals surface area contributed by atoms with E-state index >= 15 is 0 Å². The fourth-order valence-electron chi connectivity index (χ4n) is 4.68. The molecule has 1 aromatic carbocycles. The molecule has 0 saturated carbocycles. The molecule has 0 radical (unpaired) electrons. The van der Waals surface area contributed by atoms with Crippen molar-refractivity contribution >= 4 is 16.1 Å². The Morgan fingerprint density at radius 1 is 1.03 bits per heavy atom. The zero-order chi connectivity index (χ0) is 22.6. The molecule has 1 aromatic rings. The highest BCUT2D eigenvalue weighted by Crippen LogP contribution is 2.19. The third-order valence-electron chi connectivity index (χ3n) is 6.75. The van der Waals surface area contributed by atoms with Crippen LogP contribution in [-0.4, -0.2) is 112 Å². The number of nitrogens with zero attached hydrogens (tertiary/aromatic N) is 4. The maximum absolute atomic E-state index is 12.8. The lowest BCUT2D eigenvalue weighted by molar-refractivity contribution is 0.0729. The van der Waals surface area contributed by atoms with E-state index in [0.29, 0.717) is 38.9 Å². The van der Waals surface area contributed by atoms with Crippen LogP contribution in [0.4, 0.5) is 4.79 Å². The maximum Gasteiger partial charge on any atom is 0.317 e. The Bertz CT molecular complexity index is 882. The zero-order valence-corrected chi connectivity index (χ0v) is 19.7. The summed E-state index contributed by atoms with van der Waals surface area (Å²) in [4.78, 5) is 19.5. The van der Waals surface area contributed by atoms with E-state index in [-0.39, 0.29) is 11.8 Å². The van der Waals surface area contributed by atoms with Gasteiger partial charge in [-0.05, 0) is 24.6 Å². The second kappa shape index (κ2) is 10.5. The van der Waals surface area contributed by atoms with Crippen LogP contribution in [0, 0.1) is 0 Å². The van der Waals surface area contributed by atoms with Gasteiger partial charge >= 0.3 is 6.03 Å². The zero-order valence-electron chi connectivity index (χ0n) is 18.9. The summed E-state index contributed by atoms with van der Waals surface area (Å²) in [5, 5.41) is 3.01. The molecule has 4 rings (SSSR count). The molecular weight excluding hydrogens is 430 g/mol. The van der Waals surface area contributed by atoms with E-state index in [1.165, 1.54) is 4.31 Å². The second-order valence-electron chi connectivity index (χ2n) is 8.92. The number of nitrogens with one attached hydrogen (secondary N) is 1. The lowest BCUT2D eigenvalue weighted by Crippen LogP contribution is -2.50. The fraction of sp³-hybridized carbons (Fsp3) is 0.682. The topological polar surface area (TPSA) is 85.4 Å². The summed E-state index contributed by atoms with van der Waals surface area (Å²) in [5.74, 6) is -0.0613. The highest BCUT2D eigenvalue weighted by molar-refractivity contribution is 7.88. The van der Waals surface area contributed by atoms with Crippen molar-refractivity contribution in [1.29, 1.82) is 0 Å². The number of carbonyl (C=O) groups is 1. The number of sulfonamides is 1. The highest BCUT2D eigenvalue weighted by atomic mass is 32.2. The number of piperazine rings is 1. The van der Waals surface area contributed by atoms with Gasteiger partial charge < -0.3 is 19.9 Å². The normalized spacial score (nSPS) is 24.0. The molecular formula is C22H35N5O4S. The van der Waals surface area contributed by atoms with Crippen molar-refractivity contribution in [2.24, 2.45) is 0 Å². The van der Waals surface area contributed by atoms with Gasteiger partial charge in [0.05, 0.1) is 19.0 Å². The van der Waals surface area contributed by atoms with Crippen LogP contribution < -0.4 is 5.32 Å². The average molecular weight is 466 g/mol. The Morgan fingerprint density at radius 2 is 1.72 bits per heavy atom. The Morgan fingerprint density at radius 3 is 2.44 bits per heavy atom. The van der Waals surface area contributed by atoms with Crippen molar-refractivity contribution in [1.82, 2.24) is 24.3 Å². The molecule has 0 spiro atoms. The first-order chi connectivity index (χ1) is 15.4. The third kappa shape index (κ3) is 5.79. The molecule has 0 aromatic heterocycles. The number of urea groups is 1. The van der Waals surface area contributed by atoms with Crippen LogP contribution in [0.15, 0.2) is 24.3 Å². The molecule has 3 saturated heterocycles. The quantitative estimate of drug-likeness (QED) is 0.654. The summed E-state index contributed by atoms with van der Waals surface area (Å²) in [6.07, 6.45) is 1.01. The fourth-order valence-corrected chi connectivity index (χ4v) is 6.24. The number of carbonyl (C=O) groups excluding carboxylic acids is 1. The molecule has 3 aliphatic heterocycles. The van der Waals surface area contributed by atoms with Crippen LogP contribution in [0.2, 0.25) is 0 Å². The minimum Gasteiger partial charge on any atom is -0.379 e. The van der Waals surface area contributed by atoms with Crippen molar-refractivity contribution in [2.75, 3.05) is 72.6 Å². The summed E-state index contributed by atoms with van der Waals surface area (Å²) in [7, 11) is -1.27. The monoisotopic (exact) mass is 465 g/mol. The van der Waals surface area contributed by atoms with Crippen molar-refractivity contribution in [2.45, 2.75) is 24.8 Å². The average Bonchev–Trinajstić information content (AvgIpc) is 3.30. The van der Waals surface area contributed by atoms with Crippen molar-refractivity contribution in [3.05, 3.63) is 35.4 Å². The van der Waals surface area contributed by atoms with Crippen molar-refractivity contribution in [3.63, 3.8) is 0 Å². The molecule has 1 N–H and O–H groups in total. The number of likely N-dealkylation sites (tertiary alicyclic amines) is 1. The summed E-state index contributed by atoms with van der Waals surface area (Å²) >= 11 is 0. The molecule has 9 nitrogen and oxygen atoms in total. The first-order valence-corrected chi connectivity index (χ1v) is 13.1. The molecule has 32 heavy (non-hydrogen) atoms.